The number of carbonyl (C=O) groups excluding carboxylic acids is 2. The Morgan fingerprint density at radius 3 is 2.29 bits per heavy atom. The highest BCUT2D eigenvalue weighted by Crippen LogP contribution is 2.40. The van der Waals surface area contributed by atoms with E-state index in [0.717, 1.165) is 25.7 Å². The maximum atomic E-state index is 12.6. The molecule has 0 radical (unpaired) electrons. The third-order valence-corrected chi connectivity index (χ3v) is 5.18. The van der Waals surface area contributed by atoms with Gasteiger partial charge in [0.25, 0.3) is 0 Å². The quantitative estimate of drug-likeness (QED) is 0.652. The Labute approximate surface area is 148 Å². The number of nitrogens with zero attached hydrogens (tertiary/aromatic N) is 1. The van der Waals surface area contributed by atoms with Crippen LogP contribution in [0.4, 0.5) is 5.69 Å². The van der Waals surface area contributed by atoms with Crippen LogP contribution in [0.3, 0.4) is 0 Å². The second-order valence-corrected chi connectivity index (χ2v) is 6.83. The van der Waals surface area contributed by atoms with Crippen LogP contribution in [0.1, 0.15) is 31.2 Å². The number of carbonyl (C=O) groups is 3. The lowest BCUT2D eigenvalue weighted by molar-refractivity contribution is -0.132. The van der Waals surface area contributed by atoms with Crippen molar-refractivity contribution in [1.82, 2.24) is 0 Å². The standard InChI is InChI=1S/C17H15Cl2NO4/c18-13-6-5-10(7-9(13)8-14(19)17(23)24)20-15(21)11-3-1-2-4-12(11)16(20)22/h5-8,11-12H,1-4H2,(H,23,24). The molecule has 1 aliphatic heterocycles. The zero-order chi connectivity index (χ0) is 17.4. The number of hydrogen-bond acceptors (Lipinski definition) is 3. The SMILES string of the molecule is O=C(O)C(Cl)=Cc1cc(N2C(=O)C3CCCCC3C2=O)ccc1Cl. The first-order valence-electron chi connectivity index (χ1n) is 7.68. The van der Waals surface area contributed by atoms with E-state index in [4.69, 9.17) is 28.3 Å². The van der Waals surface area contributed by atoms with Crippen LogP contribution in [0, 0.1) is 11.8 Å². The Morgan fingerprint density at radius 2 is 1.75 bits per heavy atom. The minimum absolute atomic E-state index is 0.189. The first-order chi connectivity index (χ1) is 11.4. The van der Waals surface area contributed by atoms with Gasteiger partial charge < -0.3 is 5.11 Å². The predicted molar refractivity (Wildman–Crippen MR) is 90.9 cm³/mol. The molecular formula is C17H15Cl2NO4. The van der Waals surface area contributed by atoms with E-state index in [2.05, 4.69) is 0 Å². The fraction of sp³-hybridized carbons (Fsp3) is 0.353. The van der Waals surface area contributed by atoms with Crippen LogP contribution in [0.25, 0.3) is 6.08 Å². The van der Waals surface area contributed by atoms with E-state index in [1.807, 2.05) is 0 Å². The largest absolute Gasteiger partial charge is 0.477 e. The summed E-state index contributed by atoms with van der Waals surface area (Å²) in [6.45, 7) is 0. The van der Waals surface area contributed by atoms with Gasteiger partial charge in [0.2, 0.25) is 11.8 Å². The lowest BCUT2D eigenvalue weighted by Crippen LogP contribution is -2.30. The average molecular weight is 368 g/mol. The van der Waals surface area contributed by atoms with Gasteiger partial charge in [-0.25, -0.2) is 4.79 Å². The number of imide groups is 1. The number of rotatable bonds is 3. The highest BCUT2D eigenvalue weighted by Gasteiger charge is 2.48. The summed E-state index contributed by atoms with van der Waals surface area (Å²) in [4.78, 5) is 37.3. The van der Waals surface area contributed by atoms with Crippen molar-refractivity contribution in [3.63, 3.8) is 0 Å². The lowest BCUT2D eigenvalue weighted by Gasteiger charge is -2.19. The van der Waals surface area contributed by atoms with Crippen LogP contribution < -0.4 is 4.90 Å². The summed E-state index contributed by atoms with van der Waals surface area (Å²) < 4.78 is 0. The average Bonchev–Trinajstić information content (AvgIpc) is 2.81. The molecule has 1 saturated carbocycles. The van der Waals surface area contributed by atoms with Gasteiger partial charge in [0.1, 0.15) is 5.03 Å². The fourth-order valence-electron chi connectivity index (χ4n) is 3.40. The molecule has 1 N–H and O–H groups in total. The van der Waals surface area contributed by atoms with Crippen molar-refractivity contribution in [2.24, 2.45) is 11.8 Å². The van der Waals surface area contributed by atoms with E-state index in [-0.39, 0.29) is 28.7 Å². The number of amides is 2. The highest BCUT2D eigenvalue weighted by atomic mass is 35.5. The van der Waals surface area contributed by atoms with Crippen molar-refractivity contribution < 1.29 is 19.5 Å². The van der Waals surface area contributed by atoms with Gasteiger partial charge in [0.05, 0.1) is 17.5 Å². The second-order valence-electron chi connectivity index (χ2n) is 6.01. The number of hydrogen-bond donors (Lipinski definition) is 1. The minimum Gasteiger partial charge on any atom is -0.477 e. The Kier molecular flexibility index (Phi) is 4.65. The smallest absolute Gasteiger partial charge is 0.347 e. The van der Waals surface area contributed by atoms with Gasteiger partial charge in [-0.3, -0.25) is 14.5 Å². The molecular weight excluding hydrogens is 353 g/mol. The molecule has 126 valence electrons. The summed E-state index contributed by atoms with van der Waals surface area (Å²) in [5, 5.41) is 8.76. The van der Waals surface area contributed by atoms with Gasteiger partial charge in [-0.15, -0.1) is 0 Å². The van der Waals surface area contributed by atoms with Gasteiger partial charge in [-0.1, -0.05) is 36.0 Å². The van der Waals surface area contributed by atoms with Crippen molar-refractivity contribution in [3.05, 3.63) is 33.8 Å². The van der Waals surface area contributed by atoms with Crippen molar-refractivity contribution >= 4 is 52.7 Å². The molecule has 1 aromatic rings. The maximum absolute atomic E-state index is 12.6. The molecule has 2 unspecified atom stereocenters. The zero-order valence-electron chi connectivity index (χ0n) is 12.7. The molecule has 2 fully saturated rings. The summed E-state index contributed by atoms with van der Waals surface area (Å²) in [7, 11) is 0. The molecule has 3 rings (SSSR count). The fourth-order valence-corrected chi connectivity index (χ4v) is 3.69. The van der Waals surface area contributed by atoms with E-state index in [1.165, 1.54) is 23.1 Å². The van der Waals surface area contributed by atoms with Crippen molar-refractivity contribution in [2.75, 3.05) is 4.90 Å². The van der Waals surface area contributed by atoms with Crippen LogP contribution in [0.2, 0.25) is 5.02 Å². The van der Waals surface area contributed by atoms with Gasteiger partial charge in [-0.05, 0) is 42.7 Å². The van der Waals surface area contributed by atoms with Crippen LogP contribution in [-0.2, 0) is 14.4 Å². The van der Waals surface area contributed by atoms with Crippen LogP contribution >= 0.6 is 23.2 Å². The molecule has 24 heavy (non-hydrogen) atoms. The summed E-state index contributed by atoms with van der Waals surface area (Å²) in [6.07, 6.45) is 4.58. The third-order valence-electron chi connectivity index (χ3n) is 4.57. The number of halogens is 2. The number of aliphatic carboxylic acids is 1. The number of anilines is 1. The Hall–Kier alpha value is -1.85. The number of fused-ring (bicyclic) bond motifs is 1. The van der Waals surface area contributed by atoms with Crippen LogP contribution in [-0.4, -0.2) is 22.9 Å². The van der Waals surface area contributed by atoms with E-state index in [9.17, 15) is 14.4 Å². The summed E-state index contributed by atoms with van der Waals surface area (Å²) in [6, 6.07) is 4.62. The molecule has 2 aliphatic rings. The summed E-state index contributed by atoms with van der Waals surface area (Å²) >= 11 is 11.7. The molecule has 2 amide bonds. The lowest BCUT2D eigenvalue weighted by atomic mass is 9.81. The number of carboxylic acid groups (broad SMARTS) is 1. The minimum atomic E-state index is -1.28. The van der Waals surface area contributed by atoms with E-state index >= 15 is 0 Å². The van der Waals surface area contributed by atoms with Gasteiger partial charge >= 0.3 is 5.97 Å². The molecule has 0 spiro atoms. The highest BCUT2D eigenvalue weighted by molar-refractivity contribution is 6.43. The Balaban J connectivity index is 1.98. The number of benzene rings is 1. The molecule has 1 saturated heterocycles. The van der Waals surface area contributed by atoms with Crippen molar-refractivity contribution in [2.45, 2.75) is 25.7 Å². The zero-order valence-corrected chi connectivity index (χ0v) is 14.2. The van der Waals surface area contributed by atoms with E-state index < -0.39 is 11.0 Å². The van der Waals surface area contributed by atoms with Gasteiger partial charge in [0, 0.05) is 5.02 Å². The molecule has 2 atom stereocenters. The summed E-state index contributed by atoms with van der Waals surface area (Å²) in [5.74, 6) is -2.15. The molecule has 5 nitrogen and oxygen atoms in total. The topological polar surface area (TPSA) is 74.7 Å². The predicted octanol–water partition coefficient (Wildman–Crippen LogP) is 3.68. The van der Waals surface area contributed by atoms with Crippen molar-refractivity contribution in [1.29, 1.82) is 0 Å². The van der Waals surface area contributed by atoms with Gasteiger partial charge in [-0.2, -0.15) is 0 Å². The molecule has 1 heterocycles. The first kappa shape index (κ1) is 17.0. The normalized spacial score (nSPS) is 24.2. The molecule has 1 aliphatic carbocycles. The molecule has 0 bridgehead atoms. The summed E-state index contributed by atoms with van der Waals surface area (Å²) in [5.41, 5.74) is 0.738. The monoisotopic (exact) mass is 367 g/mol. The Bertz CT molecular complexity index is 735. The third kappa shape index (κ3) is 2.94. The van der Waals surface area contributed by atoms with E-state index in [0.29, 0.717) is 11.3 Å². The van der Waals surface area contributed by atoms with Crippen LogP contribution in [0.5, 0.6) is 0 Å². The van der Waals surface area contributed by atoms with E-state index in [1.54, 1.807) is 6.07 Å². The maximum Gasteiger partial charge on any atom is 0.347 e. The van der Waals surface area contributed by atoms with Gasteiger partial charge in [0.15, 0.2) is 0 Å². The molecule has 1 aromatic carbocycles. The Morgan fingerprint density at radius 1 is 1.17 bits per heavy atom. The number of carboxylic acids is 1. The molecule has 0 aromatic heterocycles. The van der Waals surface area contributed by atoms with Crippen molar-refractivity contribution in [3.8, 4) is 0 Å². The first-order valence-corrected chi connectivity index (χ1v) is 8.43. The molecule has 7 heteroatoms. The second kappa shape index (κ2) is 6.57. The van der Waals surface area contributed by atoms with Crippen LogP contribution in [0.15, 0.2) is 23.2 Å².